The van der Waals surface area contributed by atoms with Gasteiger partial charge in [-0.1, -0.05) is 18.2 Å². The van der Waals surface area contributed by atoms with Gasteiger partial charge in [-0.2, -0.15) is 5.10 Å². The van der Waals surface area contributed by atoms with Gasteiger partial charge in [-0.05, 0) is 30.3 Å². The second-order valence-corrected chi connectivity index (χ2v) is 9.15. The molecule has 2 N–H and O–H groups in total. The first-order valence-corrected chi connectivity index (χ1v) is 12.1. The van der Waals surface area contributed by atoms with E-state index in [4.69, 9.17) is 4.74 Å². The molecule has 5 rings (SSSR count). The maximum absolute atomic E-state index is 14.5. The summed E-state index contributed by atoms with van der Waals surface area (Å²) in [5.74, 6) is -6.83. The van der Waals surface area contributed by atoms with Crippen molar-refractivity contribution in [1.82, 2.24) is 14.7 Å². The molecule has 2 amide bonds. The summed E-state index contributed by atoms with van der Waals surface area (Å²) in [5, 5.41) is 15.7. The highest BCUT2D eigenvalue weighted by Gasteiger charge is 2.32. The van der Waals surface area contributed by atoms with Gasteiger partial charge in [0.25, 0.3) is 5.91 Å². The van der Waals surface area contributed by atoms with Gasteiger partial charge in [-0.25, -0.2) is 22.4 Å². The molecule has 0 fully saturated rings. The molecule has 2 heterocycles. The van der Waals surface area contributed by atoms with Gasteiger partial charge in [0.1, 0.15) is 30.5 Å². The summed E-state index contributed by atoms with van der Waals surface area (Å²) in [4.78, 5) is 39.0. The molecule has 0 atom stereocenters. The number of amides is 2. The minimum atomic E-state index is -1.34. The highest BCUT2D eigenvalue weighted by molar-refractivity contribution is 6.01. The van der Waals surface area contributed by atoms with Gasteiger partial charge < -0.3 is 20.1 Å². The predicted octanol–water partition coefficient (Wildman–Crippen LogP) is 4.52. The molecular weight excluding hydrogens is 548 g/mol. The fourth-order valence-electron chi connectivity index (χ4n) is 4.49. The van der Waals surface area contributed by atoms with Crippen LogP contribution in [0.3, 0.4) is 0 Å². The van der Waals surface area contributed by atoms with Crippen LogP contribution in [-0.2, 0) is 25.0 Å². The fraction of sp³-hybridized carbons (Fsp3) is 0.143. The van der Waals surface area contributed by atoms with Crippen molar-refractivity contribution in [1.29, 1.82) is 0 Å². The summed E-state index contributed by atoms with van der Waals surface area (Å²) in [6.07, 6.45) is 0. The van der Waals surface area contributed by atoms with Crippen LogP contribution < -0.4 is 10.1 Å². The molecule has 0 saturated heterocycles. The van der Waals surface area contributed by atoms with Gasteiger partial charge in [0.15, 0.2) is 17.3 Å². The molecule has 41 heavy (non-hydrogen) atoms. The molecule has 4 aromatic rings. The van der Waals surface area contributed by atoms with Gasteiger partial charge in [0.05, 0.1) is 16.9 Å². The van der Waals surface area contributed by atoms with Gasteiger partial charge in [-0.15, -0.1) is 0 Å². The minimum Gasteiger partial charge on any atom is -0.488 e. The average Bonchev–Trinajstić information content (AvgIpc) is 3.27. The molecule has 210 valence electrons. The highest BCUT2D eigenvalue weighted by Crippen LogP contribution is 2.40. The Kier molecular flexibility index (Phi) is 7.18. The number of benzene rings is 3. The van der Waals surface area contributed by atoms with Crippen LogP contribution in [0.4, 0.5) is 23.2 Å². The Bertz CT molecular complexity index is 1720. The third-order valence-corrected chi connectivity index (χ3v) is 6.43. The second-order valence-electron chi connectivity index (χ2n) is 9.15. The monoisotopic (exact) mass is 568 g/mol. The molecule has 1 aromatic heterocycles. The molecule has 0 bridgehead atoms. The van der Waals surface area contributed by atoms with E-state index >= 15 is 0 Å². The van der Waals surface area contributed by atoms with E-state index in [1.807, 2.05) is 0 Å². The van der Waals surface area contributed by atoms with Crippen molar-refractivity contribution in [2.45, 2.75) is 13.2 Å². The lowest BCUT2D eigenvalue weighted by molar-refractivity contribution is -0.117. The first-order valence-electron chi connectivity index (χ1n) is 12.1. The summed E-state index contributed by atoms with van der Waals surface area (Å²) in [6, 6.07) is 10.2. The van der Waals surface area contributed by atoms with Crippen molar-refractivity contribution in [3.8, 4) is 17.0 Å². The summed E-state index contributed by atoms with van der Waals surface area (Å²) in [7, 11) is 1.48. The summed E-state index contributed by atoms with van der Waals surface area (Å²) >= 11 is 0. The van der Waals surface area contributed by atoms with Crippen molar-refractivity contribution in [3.63, 3.8) is 0 Å². The number of hydrogen-bond donors (Lipinski definition) is 2. The number of ether oxygens (including phenoxy) is 1. The number of halogens is 4. The van der Waals surface area contributed by atoms with Crippen LogP contribution in [-0.4, -0.2) is 44.1 Å². The molecule has 1 aliphatic rings. The normalized spacial score (nSPS) is 11.7. The lowest BCUT2D eigenvalue weighted by atomic mass is 10.0. The number of nitrogens with zero attached hydrogens (tertiary/aromatic N) is 3. The van der Waals surface area contributed by atoms with Crippen LogP contribution in [0.1, 0.15) is 32.0 Å². The summed E-state index contributed by atoms with van der Waals surface area (Å²) in [6.45, 7) is -1.32. The Morgan fingerprint density at radius 1 is 1.00 bits per heavy atom. The molecule has 3 aromatic carbocycles. The van der Waals surface area contributed by atoms with E-state index < -0.39 is 53.3 Å². The van der Waals surface area contributed by atoms with E-state index in [0.29, 0.717) is 0 Å². The predicted molar refractivity (Wildman–Crippen MR) is 136 cm³/mol. The average molecular weight is 568 g/mol. The molecule has 0 unspecified atom stereocenters. The maximum atomic E-state index is 14.5. The minimum absolute atomic E-state index is 0.0478. The Hall–Kier alpha value is -5.20. The Labute approximate surface area is 229 Å². The molecular formula is C28H20F4N4O5. The number of aromatic nitrogens is 2. The quantitative estimate of drug-likeness (QED) is 0.317. The fourth-order valence-corrected chi connectivity index (χ4v) is 4.49. The molecule has 9 nitrogen and oxygen atoms in total. The number of carboxylic acid groups (broad SMARTS) is 1. The molecule has 13 heteroatoms. The molecule has 0 saturated carbocycles. The van der Waals surface area contributed by atoms with Crippen molar-refractivity contribution < 1.29 is 41.8 Å². The van der Waals surface area contributed by atoms with Crippen LogP contribution >= 0.6 is 0 Å². The first-order chi connectivity index (χ1) is 19.5. The number of carboxylic acids is 1. The Balaban J connectivity index is 1.49. The van der Waals surface area contributed by atoms with E-state index in [2.05, 4.69) is 10.4 Å². The van der Waals surface area contributed by atoms with Gasteiger partial charge >= 0.3 is 5.97 Å². The number of carbonyl (C=O) groups excluding carboxylic acids is 2. The van der Waals surface area contributed by atoms with Crippen LogP contribution in [0.15, 0.2) is 54.6 Å². The van der Waals surface area contributed by atoms with Crippen molar-refractivity contribution >= 4 is 23.5 Å². The van der Waals surface area contributed by atoms with Crippen LogP contribution in [0.2, 0.25) is 0 Å². The summed E-state index contributed by atoms with van der Waals surface area (Å²) in [5.41, 5.74) is -0.143. The van der Waals surface area contributed by atoms with Gasteiger partial charge in [-0.3, -0.25) is 14.3 Å². The standard InChI is InChI=1S/C28H20F4N4O5/c1-35-26-16-9-20(31)21(32)10-23(16)41-13-17(26)25(34-35)27(38)36(11-15-4-2-3-5-18(15)29)12-24(37)33-22-8-14(28(39)40)6-7-19(22)30/h2-10H,11-13H2,1H3,(H,33,37)(H,39,40). The number of rotatable bonds is 7. The SMILES string of the molecule is Cn1nc(C(=O)N(CC(=O)Nc2cc(C(=O)O)ccc2F)Cc2ccccc2F)c2c1-c1cc(F)c(F)cc1OC2. The number of hydrogen-bond acceptors (Lipinski definition) is 5. The zero-order chi connectivity index (χ0) is 29.4. The van der Waals surface area contributed by atoms with Crippen molar-refractivity contribution in [2.75, 3.05) is 11.9 Å². The summed E-state index contributed by atoms with van der Waals surface area (Å²) < 4.78 is 63.5. The van der Waals surface area contributed by atoms with E-state index in [9.17, 15) is 37.1 Å². The highest BCUT2D eigenvalue weighted by atomic mass is 19.2. The second kappa shape index (κ2) is 10.8. The van der Waals surface area contributed by atoms with Crippen LogP contribution in [0.25, 0.3) is 11.3 Å². The van der Waals surface area contributed by atoms with E-state index in [-0.39, 0.29) is 52.5 Å². The van der Waals surface area contributed by atoms with Gasteiger partial charge in [0.2, 0.25) is 5.91 Å². The Morgan fingerprint density at radius 2 is 1.73 bits per heavy atom. The van der Waals surface area contributed by atoms with Crippen LogP contribution in [0.5, 0.6) is 5.75 Å². The van der Waals surface area contributed by atoms with Crippen LogP contribution in [0, 0.1) is 23.3 Å². The largest absolute Gasteiger partial charge is 0.488 e. The van der Waals surface area contributed by atoms with E-state index in [1.165, 1.54) is 36.0 Å². The molecule has 1 aliphatic heterocycles. The number of aromatic carboxylic acids is 1. The lowest BCUT2D eigenvalue weighted by Gasteiger charge is -2.23. The molecule has 0 radical (unpaired) electrons. The van der Waals surface area contributed by atoms with Crippen molar-refractivity contribution in [3.05, 3.63) is 100 Å². The Morgan fingerprint density at radius 3 is 2.46 bits per heavy atom. The van der Waals surface area contributed by atoms with Gasteiger partial charge in [0, 0.05) is 36.3 Å². The number of aryl methyl sites for hydroxylation is 1. The van der Waals surface area contributed by atoms with Crippen molar-refractivity contribution in [2.24, 2.45) is 7.05 Å². The zero-order valence-corrected chi connectivity index (χ0v) is 21.3. The third-order valence-electron chi connectivity index (χ3n) is 6.43. The zero-order valence-electron chi connectivity index (χ0n) is 21.3. The lowest BCUT2D eigenvalue weighted by Crippen LogP contribution is -2.38. The van der Waals surface area contributed by atoms with E-state index in [1.54, 1.807) is 0 Å². The molecule has 0 aliphatic carbocycles. The molecule has 0 spiro atoms. The maximum Gasteiger partial charge on any atom is 0.335 e. The number of anilines is 1. The first kappa shape index (κ1) is 27.4. The smallest absolute Gasteiger partial charge is 0.335 e. The topological polar surface area (TPSA) is 114 Å². The number of carbonyl (C=O) groups is 3. The third kappa shape index (κ3) is 5.33. The number of nitrogens with one attached hydrogen (secondary N) is 1. The van der Waals surface area contributed by atoms with E-state index in [0.717, 1.165) is 35.2 Å². The number of fused-ring (bicyclic) bond motifs is 3.